The maximum Gasteiger partial charge on any atom is 0.108 e. The lowest BCUT2D eigenvalue weighted by atomic mass is 10.1. The molecule has 17 heavy (non-hydrogen) atoms. The monoisotopic (exact) mass is 289 g/mol. The highest BCUT2D eigenvalue weighted by molar-refractivity contribution is 9.10. The van der Waals surface area contributed by atoms with E-state index in [2.05, 4.69) is 38.5 Å². The molecule has 1 heterocycles. The third-order valence-electron chi connectivity index (χ3n) is 2.65. The van der Waals surface area contributed by atoms with Gasteiger partial charge in [-0.3, -0.25) is 0 Å². The van der Waals surface area contributed by atoms with E-state index in [1.165, 1.54) is 0 Å². The van der Waals surface area contributed by atoms with Gasteiger partial charge in [0.05, 0.1) is 18.2 Å². The summed E-state index contributed by atoms with van der Waals surface area (Å²) < 4.78 is 3.00. The van der Waals surface area contributed by atoms with Crippen LogP contribution < -0.4 is 0 Å². The Balaban J connectivity index is 2.34. The minimum absolute atomic E-state index is 0.694. The number of nitrogens with zero attached hydrogens (tertiary/aromatic N) is 3. The molecule has 86 valence electrons. The molecular weight excluding hydrogens is 278 g/mol. The number of aromatic nitrogens is 2. The zero-order valence-electron chi connectivity index (χ0n) is 9.52. The molecule has 1 aromatic carbocycles. The van der Waals surface area contributed by atoms with E-state index in [1.54, 1.807) is 6.20 Å². The Morgan fingerprint density at radius 2 is 2.29 bits per heavy atom. The van der Waals surface area contributed by atoms with Crippen molar-refractivity contribution in [1.82, 2.24) is 9.55 Å². The van der Waals surface area contributed by atoms with E-state index in [-0.39, 0.29) is 0 Å². The predicted octanol–water partition coefficient (Wildman–Crippen LogP) is 3.13. The summed E-state index contributed by atoms with van der Waals surface area (Å²) in [4.78, 5) is 4.27. The summed E-state index contributed by atoms with van der Waals surface area (Å²) in [6.45, 7) is 2.77. The molecule has 0 amide bonds. The van der Waals surface area contributed by atoms with Crippen LogP contribution in [-0.4, -0.2) is 9.55 Å². The number of imidazole rings is 1. The number of hydrogen-bond acceptors (Lipinski definition) is 2. The van der Waals surface area contributed by atoms with E-state index >= 15 is 0 Å². The molecule has 0 unspecified atom stereocenters. The van der Waals surface area contributed by atoms with Gasteiger partial charge in [0, 0.05) is 23.3 Å². The molecule has 2 rings (SSSR count). The van der Waals surface area contributed by atoms with Crippen molar-refractivity contribution in [2.45, 2.75) is 19.9 Å². The molecule has 0 fully saturated rings. The number of rotatable bonds is 3. The first-order chi connectivity index (χ1) is 8.24. The van der Waals surface area contributed by atoms with Gasteiger partial charge in [-0.05, 0) is 17.7 Å². The average Bonchev–Trinajstić information content (AvgIpc) is 2.78. The highest BCUT2D eigenvalue weighted by Crippen LogP contribution is 2.17. The molecule has 0 N–H and O–H groups in total. The van der Waals surface area contributed by atoms with E-state index in [4.69, 9.17) is 5.26 Å². The number of benzene rings is 1. The lowest BCUT2D eigenvalue weighted by Gasteiger charge is -2.08. The van der Waals surface area contributed by atoms with Gasteiger partial charge >= 0.3 is 0 Å². The van der Waals surface area contributed by atoms with E-state index in [0.29, 0.717) is 12.1 Å². The first kappa shape index (κ1) is 11.9. The van der Waals surface area contributed by atoms with Crippen molar-refractivity contribution in [3.63, 3.8) is 0 Å². The molecule has 0 aliphatic rings. The molecule has 0 aliphatic carbocycles. The van der Waals surface area contributed by atoms with Crippen molar-refractivity contribution in [2.24, 2.45) is 0 Å². The quantitative estimate of drug-likeness (QED) is 0.871. The SMILES string of the molecule is CCc1nccn1Cc1ccc(Br)cc1C#N. The van der Waals surface area contributed by atoms with Crippen LogP contribution in [0, 0.1) is 11.3 Å². The lowest BCUT2D eigenvalue weighted by molar-refractivity contribution is 0.731. The molecule has 4 heteroatoms. The first-order valence-corrected chi connectivity index (χ1v) is 6.22. The second-order valence-electron chi connectivity index (χ2n) is 3.74. The van der Waals surface area contributed by atoms with E-state index < -0.39 is 0 Å². The molecule has 1 aromatic heterocycles. The summed E-state index contributed by atoms with van der Waals surface area (Å²) in [5.74, 6) is 1.04. The summed E-state index contributed by atoms with van der Waals surface area (Å²) in [6, 6.07) is 8.00. The van der Waals surface area contributed by atoms with Crippen LogP contribution in [0.2, 0.25) is 0 Å². The highest BCUT2D eigenvalue weighted by atomic mass is 79.9. The van der Waals surface area contributed by atoms with Crippen molar-refractivity contribution in [3.05, 3.63) is 52.0 Å². The summed E-state index contributed by atoms with van der Waals surface area (Å²) in [5, 5.41) is 9.10. The second-order valence-corrected chi connectivity index (χ2v) is 4.65. The maximum atomic E-state index is 9.10. The Morgan fingerprint density at radius 1 is 1.47 bits per heavy atom. The second kappa shape index (κ2) is 5.15. The van der Waals surface area contributed by atoms with Gasteiger partial charge in [-0.15, -0.1) is 0 Å². The molecule has 0 atom stereocenters. The Bertz CT molecular complexity index is 566. The van der Waals surface area contributed by atoms with Crippen molar-refractivity contribution < 1.29 is 0 Å². The molecule has 2 aromatic rings. The molecule has 0 spiro atoms. The Kier molecular flexibility index (Phi) is 3.60. The topological polar surface area (TPSA) is 41.6 Å². The van der Waals surface area contributed by atoms with Gasteiger partial charge in [0.2, 0.25) is 0 Å². The van der Waals surface area contributed by atoms with Gasteiger partial charge < -0.3 is 4.57 Å². The molecule has 0 saturated carbocycles. The summed E-state index contributed by atoms with van der Waals surface area (Å²) in [6.07, 6.45) is 4.64. The summed E-state index contributed by atoms with van der Waals surface area (Å²) >= 11 is 3.37. The number of aryl methyl sites for hydroxylation is 1. The van der Waals surface area contributed by atoms with E-state index in [9.17, 15) is 0 Å². The summed E-state index contributed by atoms with van der Waals surface area (Å²) in [5.41, 5.74) is 1.72. The number of halogens is 1. The average molecular weight is 290 g/mol. The zero-order valence-corrected chi connectivity index (χ0v) is 11.1. The fourth-order valence-electron chi connectivity index (χ4n) is 1.77. The Hall–Kier alpha value is -1.60. The minimum Gasteiger partial charge on any atom is -0.330 e. The fraction of sp³-hybridized carbons (Fsp3) is 0.231. The predicted molar refractivity (Wildman–Crippen MR) is 69.6 cm³/mol. The minimum atomic E-state index is 0.694. The standard InChI is InChI=1S/C13H12BrN3/c1-2-13-16-5-6-17(13)9-10-3-4-12(14)7-11(10)8-15/h3-7H,2,9H2,1H3. The van der Waals surface area contributed by atoms with Crippen LogP contribution in [0.1, 0.15) is 23.9 Å². The maximum absolute atomic E-state index is 9.10. The van der Waals surface area contributed by atoms with Gasteiger partial charge in [-0.2, -0.15) is 5.26 Å². The molecule has 0 radical (unpaired) electrons. The smallest absolute Gasteiger partial charge is 0.108 e. The Morgan fingerprint density at radius 3 is 3.00 bits per heavy atom. The third kappa shape index (κ3) is 2.56. The fourth-order valence-corrected chi connectivity index (χ4v) is 2.13. The van der Waals surface area contributed by atoms with Crippen LogP contribution >= 0.6 is 15.9 Å². The third-order valence-corrected chi connectivity index (χ3v) is 3.14. The number of nitriles is 1. The van der Waals surface area contributed by atoms with Crippen LogP contribution in [0.15, 0.2) is 35.1 Å². The van der Waals surface area contributed by atoms with Gasteiger partial charge in [0.25, 0.3) is 0 Å². The van der Waals surface area contributed by atoms with Crippen molar-refractivity contribution in [3.8, 4) is 6.07 Å². The zero-order chi connectivity index (χ0) is 12.3. The van der Waals surface area contributed by atoms with Gasteiger partial charge in [-0.1, -0.05) is 28.9 Å². The molecule has 3 nitrogen and oxygen atoms in total. The normalized spacial score (nSPS) is 10.2. The number of hydrogen-bond donors (Lipinski definition) is 0. The van der Waals surface area contributed by atoms with Gasteiger partial charge in [0.1, 0.15) is 5.82 Å². The molecule has 0 bridgehead atoms. The van der Waals surface area contributed by atoms with Crippen LogP contribution in [0.4, 0.5) is 0 Å². The van der Waals surface area contributed by atoms with E-state index in [1.807, 2.05) is 24.4 Å². The molecular formula is C13H12BrN3. The van der Waals surface area contributed by atoms with Crippen molar-refractivity contribution in [2.75, 3.05) is 0 Å². The van der Waals surface area contributed by atoms with Crippen molar-refractivity contribution in [1.29, 1.82) is 5.26 Å². The lowest BCUT2D eigenvalue weighted by Crippen LogP contribution is -2.04. The van der Waals surface area contributed by atoms with Gasteiger partial charge in [0.15, 0.2) is 0 Å². The first-order valence-electron chi connectivity index (χ1n) is 5.43. The Labute approximate surface area is 109 Å². The van der Waals surface area contributed by atoms with Crippen LogP contribution in [0.25, 0.3) is 0 Å². The van der Waals surface area contributed by atoms with E-state index in [0.717, 1.165) is 22.3 Å². The molecule has 0 saturated heterocycles. The largest absolute Gasteiger partial charge is 0.330 e. The van der Waals surface area contributed by atoms with Crippen LogP contribution in [0.5, 0.6) is 0 Å². The highest BCUT2D eigenvalue weighted by Gasteiger charge is 2.06. The van der Waals surface area contributed by atoms with Crippen LogP contribution in [0.3, 0.4) is 0 Å². The molecule has 0 aliphatic heterocycles. The summed E-state index contributed by atoms with van der Waals surface area (Å²) in [7, 11) is 0. The van der Waals surface area contributed by atoms with Gasteiger partial charge in [-0.25, -0.2) is 4.98 Å². The van der Waals surface area contributed by atoms with Crippen LogP contribution in [-0.2, 0) is 13.0 Å². The van der Waals surface area contributed by atoms with Crippen molar-refractivity contribution >= 4 is 15.9 Å².